The van der Waals surface area contributed by atoms with Crippen LogP contribution in [0.3, 0.4) is 0 Å². The lowest BCUT2D eigenvalue weighted by atomic mass is 10.1. The van der Waals surface area contributed by atoms with Gasteiger partial charge in [0.1, 0.15) is 5.82 Å². The van der Waals surface area contributed by atoms with Crippen molar-refractivity contribution in [3.8, 4) is 0 Å². The third kappa shape index (κ3) is 2.50. The number of nitrogens with zero attached hydrogens (tertiary/aromatic N) is 2. The topological polar surface area (TPSA) is 76.4 Å². The van der Waals surface area contributed by atoms with Crippen molar-refractivity contribution in [2.75, 3.05) is 19.8 Å². The molecular formula is C13H19N3O3. The molecule has 6 heteroatoms. The lowest BCUT2D eigenvalue weighted by Crippen LogP contribution is -2.43. The molecule has 2 aliphatic heterocycles. The molecule has 19 heavy (non-hydrogen) atoms. The quantitative estimate of drug-likeness (QED) is 0.829. The first kappa shape index (κ1) is 12.6. The number of hydrogen-bond donors (Lipinski definition) is 2. The number of fused-ring (bicyclic) bond motifs is 1. The van der Waals surface area contributed by atoms with Gasteiger partial charge in [-0.05, 0) is 19.3 Å². The van der Waals surface area contributed by atoms with E-state index in [4.69, 9.17) is 4.74 Å². The van der Waals surface area contributed by atoms with Crippen molar-refractivity contribution in [1.82, 2.24) is 14.9 Å². The van der Waals surface area contributed by atoms with Crippen molar-refractivity contribution < 1.29 is 14.6 Å². The van der Waals surface area contributed by atoms with E-state index < -0.39 is 5.97 Å². The van der Waals surface area contributed by atoms with Crippen molar-refractivity contribution in [2.24, 2.45) is 0 Å². The van der Waals surface area contributed by atoms with Crippen LogP contribution >= 0.6 is 0 Å². The maximum atomic E-state index is 11.3. The summed E-state index contributed by atoms with van der Waals surface area (Å²) in [5.74, 6) is -0.0279. The van der Waals surface area contributed by atoms with E-state index >= 15 is 0 Å². The van der Waals surface area contributed by atoms with Gasteiger partial charge in [0.05, 0.1) is 18.9 Å². The third-order valence-corrected chi connectivity index (χ3v) is 3.83. The Kier molecular flexibility index (Phi) is 3.52. The lowest BCUT2D eigenvalue weighted by Gasteiger charge is -2.24. The molecule has 0 bridgehead atoms. The summed E-state index contributed by atoms with van der Waals surface area (Å²) in [7, 11) is 0. The number of imidazole rings is 1. The van der Waals surface area contributed by atoms with E-state index in [-0.39, 0.29) is 11.7 Å². The maximum Gasteiger partial charge on any atom is 0.356 e. The van der Waals surface area contributed by atoms with E-state index in [1.807, 2.05) is 0 Å². The average Bonchev–Trinajstić information content (AvgIpc) is 2.79. The summed E-state index contributed by atoms with van der Waals surface area (Å²) in [6.07, 6.45) is 3.71. The number of carbonyl (C=O) groups is 1. The number of nitrogens with one attached hydrogen (secondary N) is 1. The van der Waals surface area contributed by atoms with Crippen molar-refractivity contribution in [2.45, 2.75) is 38.3 Å². The summed E-state index contributed by atoms with van der Waals surface area (Å²) in [5, 5.41) is 12.6. The van der Waals surface area contributed by atoms with Gasteiger partial charge in [-0.15, -0.1) is 0 Å². The van der Waals surface area contributed by atoms with Crippen LogP contribution in [0.5, 0.6) is 0 Å². The smallest absolute Gasteiger partial charge is 0.356 e. The van der Waals surface area contributed by atoms with Crippen molar-refractivity contribution in [3.05, 3.63) is 17.2 Å². The number of hydrogen-bond acceptors (Lipinski definition) is 4. The highest BCUT2D eigenvalue weighted by atomic mass is 16.5. The molecule has 1 aromatic rings. The zero-order valence-electron chi connectivity index (χ0n) is 10.9. The highest BCUT2D eigenvalue weighted by Gasteiger charge is 2.25. The number of aromatic carboxylic acids is 1. The molecule has 0 saturated carbocycles. The molecule has 0 radical (unpaired) electrons. The molecule has 0 spiro atoms. The molecule has 1 unspecified atom stereocenters. The van der Waals surface area contributed by atoms with E-state index in [9.17, 15) is 9.90 Å². The molecular weight excluding hydrogens is 246 g/mol. The Balaban J connectivity index is 1.85. The molecule has 0 amide bonds. The lowest BCUT2D eigenvalue weighted by molar-refractivity contribution is 0.0689. The fourth-order valence-electron chi connectivity index (χ4n) is 2.92. The minimum absolute atomic E-state index is 0.240. The first-order valence-corrected chi connectivity index (χ1v) is 6.88. The minimum atomic E-state index is -0.912. The van der Waals surface area contributed by atoms with Gasteiger partial charge in [0.2, 0.25) is 0 Å². The second-order valence-corrected chi connectivity index (χ2v) is 5.17. The van der Waals surface area contributed by atoms with Gasteiger partial charge in [-0.2, -0.15) is 0 Å². The molecule has 0 aliphatic carbocycles. The molecule has 6 nitrogen and oxygen atoms in total. The second kappa shape index (κ2) is 5.30. The summed E-state index contributed by atoms with van der Waals surface area (Å²) in [5.41, 5.74) is 1.14. The highest BCUT2D eigenvalue weighted by molar-refractivity contribution is 5.86. The van der Waals surface area contributed by atoms with Crippen molar-refractivity contribution in [1.29, 1.82) is 0 Å². The zero-order chi connectivity index (χ0) is 13.2. The van der Waals surface area contributed by atoms with Gasteiger partial charge in [0.15, 0.2) is 5.69 Å². The Labute approximate surface area is 111 Å². The van der Waals surface area contributed by atoms with Gasteiger partial charge >= 0.3 is 5.97 Å². The molecule has 2 N–H and O–H groups in total. The fraction of sp³-hybridized carbons (Fsp3) is 0.692. The van der Waals surface area contributed by atoms with Gasteiger partial charge in [0.25, 0.3) is 0 Å². The molecule has 1 atom stereocenters. The fourth-order valence-corrected chi connectivity index (χ4v) is 2.92. The first-order valence-electron chi connectivity index (χ1n) is 6.88. The van der Waals surface area contributed by atoms with Gasteiger partial charge in [-0.25, -0.2) is 9.78 Å². The van der Waals surface area contributed by atoms with Crippen LogP contribution in [-0.4, -0.2) is 46.4 Å². The Hall–Kier alpha value is -1.40. The Morgan fingerprint density at radius 3 is 3.16 bits per heavy atom. The van der Waals surface area contributed by atoms with Crippen LogP contribution < -0.4 is 5.32 Å². The summed E-state index contributed by atoms with van der Waals surface area (Å²) >= 11 is 0. The van der Waals surface area contributed by atoms with Crippen molar-refractivity contribution >= 4 is 5.97 Å². The maximum absolute atomic E-state index is 11.3. The number of ether oxygens (including phenoxy) is 1. The predicted molar refractivity (Wildman–Crippen MR) is 68.4 cm³/mol. The van der Waals surface area contributed by atoms with Crippen LogP contribution in [0, 0.1) is 0 Å². The van der Waals surface area contributed by atoms with E-state index in [0.717, 1.165) is 56.9 Å². The minimum Gasteiger partial charge on any atom is -0.476 e. The standard InChI is InChI=1S/C13H19N3O3/c17-13(18)12-10-3-1-2-5-16(10)11(15-12)7-9-8-19-6-4-14-9/h9,14H,1-8H2,(H,17,18). The van der Waals surface area contributed by atoms with Crippen LogP contribution in [0.15, 0.2) is 0 Å². The number of carboxylic acid groups (broad SMARTS) is 1. The Bertz CT molecular complexity index is 478. The van der Waals surface area contributed by atoms with Crippen LogP contribution in [0.25, 0.3) is 0 Å². The number of aromatic nitrogens is 2. The predicted octanol–water partition coefficient (Wildman–Crippen LogP) is 0.448. The molecule has 0 aromatic carbocycles. The SMILES string of the molecule is O=C(O)c1nc(CC2COCCN2)n2c1CCCC2. The number of rotatable bonds is 3. The van der Waals surface area contributed by atoms with Crippen LogP contribution in [-0.2, 0) is 24.1 Å². The van der Waals surface area contributed by atoms with E-state index in [1.165, 1.54) is 0 Å². The van der Waals surface area contributed by atoms with Gasteiger partial charge in [0, 0.05) is 25.6 Å². The van der Waals surface area contributed by atoms with Gasteiger partial charge in [-0.3, -0.25) is 0 Å². The number of carboxylic acids is 1. The van der Waals surface area contributed by atoms with E-state index in [0.29, 0.717) is 6.61 Å². The van der Waals surface area contributed by atoms with Gasteiger partial charge < -0.3 is 19.7 Å². The van der Waals surface area contributed by atoms with Crippen LogP contribution in [0.1, 0.15) is 34.8 Å². The monoisotopic (exact) mass is 265 g/mol. The molecule has 2 aliphatic rings. The van der Waals surface area contributed by atoms with E-state index in [2.05, 4.69) is 14.9 Å². The average molecular weight is 265 g/mol. The summed E-state index contributed by atoms with van der Waals surface area (Å²) < 4.78 is 7.54. The number of morpholine rings is 1. The Morgan fingerprint density at radius 2 is 2.42 bits per heavy atom. The highest BCUT2D eigenvalue weighted by Crippen LogP contribution is 2.22. The van der Waals surface area contributed by atoms with Crippen molar-refractivity contribution in [3.63, 3.8) is 0 Å². The van der Waals surface area contributed by atoms with Crippen LogP contribution in [0.4, 0.5) is 0 Å². The normalized spacial score (nSPS) is 23.1. The molecule has 3 rings (SSSR count). The molecule has 1 saturated heterocycles. The largest absolute Gasteiger partial charge is 0.476 e. The summed E-state index contributed by atoms with van der Waals surface area (Å²) in [6.45, 7) is 3.16. The third-order valence-electron chi connectivity index (χ3n) is 3.83. The second-order valence-electron chi connectivity index (χ2n) is 5.17. The summed E-state index contributed by atoms with van der Waals surface area (Å²) in [4.78, 5) is 15.6. The van der Waals surface area contributed by atoms with Crippen LogP contribution in [0.2, 0.25) is 0 Å². The molecule has 104 valence electrons. The molecule has 1 aromatic heterocycles. The Morgan fingerprint density at radius 1 is 1.53 bits per heavy atom. The molecule has 3 heterocycles. The first-order chi connectivity index (χ1) is 9.25. The summed E-state index contributed by atoms with van der Waals surface area (Å²) in [6, 6.07) is 0.240. The molecule has 1 fully saturated rings. The van der Waals surface area contributed by atoms with E-state index in [1.54, 1.807) is 0 Å². The van der Waals surface area contributed by atoms with Gasteiger partial charge in [-0.1, -0.05) is 0 Å². The zero-order valence-corrected chi connectivity index (χ0v) is 10.9.